The van der Waals surface area contributed by atoms with Crippen molar-refractivity contribution in [1.29, 1.82) is 0 Å². The Labute approximate surface area is 196 Å². The van der Waals surface area contributed by atoms with Gasteiger partial charge >= 0.3 is 0 Å². The Morgan fingerprint density at radius 1 is 1.13 bits per heavy atom. The van der Waals surface area contributed by atoms with Gasteiger partial charge in [0.25, 0.3) is 0 Å². The van der Waals surface area contributed by atoms with Gasteiger partial charge in [0.05, 0.1) is 27.9 Å². The summed E-state index contributed by atoms with van der Waals surface area (Å²) in [7, 11) is 0. The number of nitrogens with zero attached hydrogens (tertiary/aromatic N) is 2. The molecule has 2 fully saturated rings. The van der Waals surface area contributed by atoms with Crippen molar-refractivity contribution in [3.8, 4) is 11.3 Å². The van der Waals surface area contributed by atoms with Crippen LogP contribution in [0, 0.1) is 0 Å². The van der Waals surface area contributed by atoms with Crippen molar-refractivity contribution >= 4 is 40.5 Å². The molecule has 3 aromatic rings. The molecule has 1 aromatic carbocycles. The summed E-state index contributed by atoms with van der Waals surface area (Å²) < 4.78 is 12.2. The Morgan fingerprint density at radius 2 is 2.03 bits per heavy atom. The molecule has 2 saturated heterocycles. The molecule has 31 heavy (non-hydrogen) atoms. The standard InChI is InChI=1S/C23H21Cl2N3O2S/c24-16-7-3-6-15(20(16)25)18-9-10-19(30-18)22-21(17-8-1-2-11-26-17)27-23(31)28(22)13-14-5-4-12-29-14/h1-3,6-11,14,21-22H,4-5,12-13H2,(H,27,31)/t14-,21-,22+/m1/s1. The molecular weight excluding hydrogens is 453 g/mol. The van der Waals surface area contributed by atoms with E-state index in [0.717, 1.165) is 36.5 Å². The normalized spacial score (nSPS) is 23.4. The van der Waals surface area contributed by atoms with Gasteiger partial charge < -0.3 is 19.4 Å². The van der Waals surface area contributed by atoms with E-state index >= 15 is 0 Å². The maximum absolute atomic E-state index is 6.42. The molecule has 0 saturated carbocycles. The molecule has 160 valence electrons. The van der Waals surface area contributed by atoms with E-state index in [-0.39, 0.29) is 18.2 Å². The second-order valence-electron chi connectivity index (χ2n) is 7.72. The molecule has 0 spiro atoms. The molecule has 5 rings (SSSR count). The Hall–Kier alpha value is -2.12. The number of hydrogen-bond donors (Lipinski definition) is 1. The van der Waals surface area contributed by atoms with E-state index < -0.39 is 0 Å². The highest BCUT2D eigenvalue weighted by Gasteiger charge is 2.42. The number of thiocarbonyl (C=S) groups is 1. The summed E-state index contributed by atoms with van der Waals surface area (Å²) >= 11 is 18.4. The molecule has 0 amide bonds. The lowest BCUT2D eigenvalue weighted by molar-refractivity contribution is 0.0818. The molecule has 2 aliphatic rings. The van der Waals surface area contributed by atoms with Crippen LogP contribution in [-0.2, 0) is 4.74 Å². The summed E-state index contributed by atoms with van der Waals surface area (Å²) in [5, 5.41) is 5.09. The Morgan fingerprint density at radius 3 is 2.81 bits per heavy atom. The van der Waals surface area contributed by atoms with Gasteiger partial charge in [-0.15, -0.1) is 0 Å². The first kappa shape index (κ1) is 20.8. The Bertz CT molecular complexity index is 1090. The maximum atomic E-state index is 6.42. The lowest BCUT2D eigenvalue weighted by atomic mass is 10.0. The Balaban J connectivity index is 1.52. The number of nitrogens with one attached hydrogen (secondary N) is 1. The molecule has 0 aliphatic carbocycles. The highest BCUT2D eigenvalue weighted by molar-refractivity contribution is 7.80. The lowest BCUT2D eigenvalue weighted by Crippen LogP contribution is -2.36. The summed E-state index contributed by atoms with van der Waals surface area (Å²) in [4.78, 5) is 6.73. The monoisotopic (exact) mass is 473 g/mol. The van der Waals surface area contributed by atoms with E-state index in [1.807, 2.05) is 42.5 Å². The van der Waals surface area contributed by atoms with Crippen molar-refractivity contribution in [3.63, 3.8) is 0 Å². The highest BCUT2D eigenvalue weighted by atomic mass is 35.5. The summed E-state index contributed by atoms with van der Waals surface area (Å²) in [5.41, 5.74) is 1.66. The molecule has 4 heterocycles. The second kappa shape index (κ2) is 8.79. The van der Waals surface area contributed by atoms with Gasteiger partial charge in [0, 0.05) is 24.9 Å². The molecule has 0 radical (unpaired) electrons. The molecule has 8 heteroatoms. The topological polar surface area (TPSA) is 50.5 Å². The minimum absolute atomic E-state index is 0.135. The number of aromatic nitrogens is 1. The largest absolute Gasteiger partial charge is 0.459 e. The molecule has 3 atom stereocenters. The minimum Gasteiger partial charge on any atom is -0.459 e. The first-order chi connectivity index (χ1) is 15.1. The number of rotatable bonds is 5. The molecule has 1 N–H and O–H groups in total. The fourth-order valence-electron chi connectivity index (χ4n) is 4.27. The smallest absolute Gasteiger partial charge is 0.170 e. The molecule has 2 aliphatic heterocycles. The van der Waals surface area contributed by atoms with Crippen LogP contribution in [0.2, 0.25) is 10.0 Å². The zero-order valence-electron chi connectivity index (χ0n) is 16.6. The first-order valence-corrected chi connectivity index (χ1v) is 11.4. The zero-order valence-corrected chi connectivity index (χ0v) is 19.0. The van der Waals surface area contributed by atoms with Gasteiger partial charge in [0.15, 0.2) is 5.11 Å². The summed E-state index contributed by atoms with van der Waals surface area (Å²) in [6.07, 6.45) is 4.05. The van der Waals surface area contributed by atoms with E-state index in [0.29, 0.717) is 27.5 Å². The number of benzene rings is 1. The van der Waals surface area contributed by atoms with Crippen molar-refractivity contribution < 1.29 is 9.15 Å². The SMILES string of the molecule is S=C1N[C@H](c2ccccn2)[C@H](c2ccc(-c3cccc(Cl)c3Cl)o2)N1C[C@H]1CCCO1. The van der Waals surface area contributed by atoms with Crippen LogP contribution in [0.1, 0.15) is 36.4 Å². The number of halogens is 2. The molecular formula is C23H21Cl2N3O2S. The summed E-state index contributed by atoms with van der Waals surface area (Å²) in [6, 6.07) is 15.0. The predicted molar refractivity (Wildman–Crippen MR) is 125 cm³/mol. The van der Waals surface area contributed by atoms with E-state index in [2.05, 4.69) is 15.2 Å². The van der Waals surface area contributed by atoms with Gasteiger partial charge in [0.1, 0.15) is 17.6 Å². The van der Waals surface area contributed by atoms with Gasteiger partial charge in [-0.3, -0.25) is 4.98 Å². The average Bonchev–Trinajstić information content (AvgIpc) is 3.52. The first-order valence-electron chi connectivity index (χ1n) is 10.3. The number of pyridine rings is 1. The van der Waals surface area contributed by atoms with E-state index in [9.17, 15) is 0 Å². The highest BCUT2D eigenvalue weighted by Crippen LogP contribution is 2.42. The van der Waals surface area contributed by atoms with Crippen LogP contribution in [0.5, 0.6) is 0 Å². The quantitative estimate of drug-likeness (QED) is 0.472. The van der Waals surface area contributed by atoms with Crippen molar-refractivity contribution in [2.45, 2.75) is 31.0 Å². The number of ether oxygens (including phenoxy) is 1. The maximum Gasteiger partial charge on any atom is 0.170 e. The molecule has 0 bridgehead atoms. The third-order valence-corrected chi connectivity index (χ3v) is 6.93. The van der Waals surface area contributed by atoms with Crippen LogP contribution in [0.3, 0.4) is 0 Å². The van der Waals surface area contributed by atoms with Gasteiger partial charge in [-0.1, -0.05) is 35.3 Å². The minimum atomic E-state index is -0.154. The number of furan rings is 1. The van der Waals surface area contributed by atoms with E-state index in [1.54, 1.807) is 12.3 Å². The number of hydrogen-bond acceptors (Lipinski definition) is 4. The van der Waals surface area contributed by atoms with Crippen molar-refractivity contribution in [1.82, 2.24) is 15.2 Å². The van der Waals surface area contributed by atoms with Gasteiger partial charge in [-0.25, -0.2) is 0 Å². The molecule has 0 unspecified atom stereocenters. The summed E-state index contributed by atoms with van der Waals surface area (Å²) in [6.45, 7) is 1.50. The fraction of sp³-hybridized carbons (Fsp3) is 0.304. The molecule has 2 aromatic heterocycles. The predicted octanol–water partition coefficient (Wildman–Crippen LogP) is 5.80. The van der Waals surface area contributed by atoms with E-state index in [1.165, 1.54) is 0 Å². The van der Waals surface area contributed by atoms with Gasteiger partial charge in [-0.05, 0) is 61.5 Å². The molecule has 5 nitrogen and oxygen atoms in total. The Kier molecular flexibility index (Phi) is 5.89. The van der Waals surface area contributed by atoms with Crippen LogP contribution in [-0.4, -0.2) is 34.3 Å². The van der Waals surface area contributed by atoms with Crippen LogP contribution in [0.4, 0.5) is 0 Å². The van der Waals surface area contributed by atoms with Crippen LogP contribution in [0.25, 0.3) is 11.3 Å². The van der Waals surface area contributed by atoms with Gasteiger partial charge in [-0.2, -0.15) is 0 Å². The van der Waals surface area contributed by atoms with Crippen LogP contribution < -0.4 is 5.32 Å². The third kappa shape index (κ3) is 4.05. The average molecular weight is 474 g/mol. The fourth-order valence-corrected chi connectivity index (χ4v) is 4.98. The lowest BCUT2D eigenvalue weighted by Gasteiger charge is -2.28. The zero-order chi connectivity index (χ0) is 21.4. The van der Waals surface area contributed by atoms with Gasteiger partial charge in [0.2, 0.25) is 0 Å². The van der Waals surface area contributed by atoms with Crippen molar-refractivity contribution in [3.05, 3.63) is 76.2 Å². The third-order valence-electron chi connectivity index (χ3n) is 5.76. The van der Waals surface area contributed by atoms with E-state index in [4.69, 9.17) is 44.6 Å². The van der Waals surface area contributed by atoms with Crippen LogP contribution >= 0.6 is 35.4 Å². The second-order valence-corrected chi connectivity index (χ2v) is 8.89. The van der Waals surface area contributed by atoms with Crippen molar-refractivity contribution in [2.24, 2.45) is 0 Å². The summed E-state index contributed by atoms with van der Waals surface area (Å²) in [5.74, 6) is 1.45. The van der Waals surface area contributed by atoms with Crippen molar-refractivity contribution in [2.75, 3.05) is 13.2 Å². The van der Waals surface area contributed by atoms with Crippen LogP contribution in [0.15, 0.2) is 59.1 Å².